The highest BCUT2D eigenvalue weighted by atomic mass is 32.2. The molecule has 4 aromatic rings. The Morgan fingerprint density at radius 1 is 0.800 bits per heavy atom. The van der Waals surface area contributed by atoms with E-state index in [1.165, 1.54) is 17.0 Å². The standard InChI is InChI=1S/C35H39N3O6S/c1-4-23-36-35(40)33(5-2)37(25-27-13-12-16-31(24-27)43-3)34(39)26-38(45(41,42)32-17-10-7-11-18-32)28-19-21-30(22-20-28)44-29-14-8-6-9-15-29/h6-22,24,33H,4-5,23,25-26H2,1-3H3,(H,36,40)/t33-/m1/s1. The molecule has 2 amide bonds. The molecule has 45 heavy (non-hydrogen) atoms. The Labute approximate surface area is 265 Å². The molecule has 0 aliphatic carbocycles. The van der Waals surface area contributed by atoms with Gasteiger partial charge >= 0.3 is 0 Å². The third-order valence-electron chi connectivity index (χ3n) is 7.14. The van der Waals surface area contributed by atoms with Gasteiger partial charge in [0.15, 0.2) is 0 Å². The van der Waals surface area contributed by atoms with Crippen LogP contribution in [0.15, 0.2) is 114 Å². The van der Waals surface area contributed by atoms with Gasteiger partial charge in [-0.05, 0) is 79.1 Å². The monoisotopic (exact) mass is 629 g/mol. The van der Waals surface area contributed by atoms with E-state index in [9.17, 15) is 18.0 Å². The molecule has 0 fully saturated rings. The van der Waals surface area contributed by atoms with Crippen LogP contribution < -0.4 is 19.1 Å². The summed E-state index contributed by atoms with van der Waals surface area (Å²) in [6.07, 6.45) is 1.07. The Hall–Kier alpha value is -4.83. The minimum atomic E-state index is -4.18. The molecule has 0 spiro atoms. The van der Waals surface area contributed by atoms with Crippen LogP contribution in [0.25, 0.3) is 0 Å². The first-order chi connectivity index (χ1) is 21.8. The normalized spacial score (nSPS) is 11.7. The molecule has 236 valence electrons. The summed E-state index contributed by atoms with van der Waals surface area (Å²) in [5.74, 6) is 0.923. The number of nitrogens with zero attached hydrogens (tertiary/aromatic N) is 2. The van der Waals surface area contributed by atoms with E-state index >= 15 is 0 Å². The molecule has 4 aromatic carbocycles. The summed E-state index contributed by atoms with van der Waals surface area (Å²) in [5, 5.41) is 2.89. The summed E-state index contributed by atoms with van der Waals surface area (Å²) in [5.41, 5.74) is 1.02. The van der Waals surface area contributed by atoms with Crippen LogP contribution in [-0.4, -0.2) is 51.4 Å². The molecule has 0 heterocycles. The van der Waals surface area contributed by atoms with Gasteiger partial charge in [-0.2, -0.15) is 0 Å². The summed E-state index contributed by atoms with van der Waals surface area (Å²) in [6, 6.07) is 30.1. The van der Waals surface area contributed by atoms with Gasteiger partial charge in [-0.15, -0.1) is 0 Å². The van der Waals surface area contributed by atoms with Crippen LogP contribution in [0.2, 0.25) is 0 Å². The van der Waals surface area contributed by atoms with Crippen molar-refractivity contribution in [2.45, 2.75) is 44.2 Å². The number of carbonyl (C=O) groups is 2. The van der Waals surface area contributed by atoms with E-state index in [0.29, 0.717) is 30.2 Å². The van der Waals surface area contributed by atoms with Crippen LogP contribution in [0.1, 0.15) is 32.3 Å². The number of ether oxygens (including phenoxy) is 2. The number of hydrogen-bond acceptors (Lipinski definition) is 6. The van der Waals surface area contributed by atoms with E-state index in [4.69, 9.17) is 9.47 Å². The second kappa shape index (κ2) is 15.8. The number of hydrogen-bond donors (Lipinski definition) is 1. The zero-order valence-corrected chi connectivity index (χ0v) is 26.6. The summed E-state index contributed by atoms with van der Waals surface area (Å²) in [7, 11) is -2.63. The van der Waals surface area contributed by atoms with E-state index < -0.39 is 28.5 Å². The highest BCUT2D eigenvalue weighted by Crippen LogP contribution is 2.29. The molecule has 1 atom stereocenters. The van der Waals surface area contributed by atoms with Crippen molar-refractivity contribution in [2.75, 3.05) is 24.5 Å². The first-order valence-electron chi connectivity index (χ1n) is 14.9. The van der Waals surface area contributed by atoms with Gasteiger partial charge in [-0.3, -0.25) is 13.9 Å². The number of methoxy groups -OCH3 is 1. The summed E-state index contributed by atoms with van der Waals surface area (Å²) in [6.45, 7) is 3.78. The lowest BCUT2D eigenvalue weighted by atomic mass is 10.1. The maximum absolute atomic E-state index is 14.2. The topological polar surface area (TPSA) is 105 Å². The molecule has 0 radical (unpaired) electrons. The van der Waals surface area contributed by atoms with Gasteiger partial charge in [0.1, 0.15) is 29.8 Å². The smallest absolute Gasteiger partial charge is 0.264 e. The lowest BCUT2D eigenvalue weighted by molar-refractivity contribution is -0.140. The van der Waals surface area contributed by atoms with Crippen LogP contribution in [0.3, 0.4) is 0 Å². The van der Waals surface area contributed by atoms with Crippen molar-refractivity contribution in [2.24, 2.45) is 0 Å². The first kappa shape index (κ1) is 33.1. The zero-order valence-electron chi connectivity index (χ0n) is 25.8. The van der Waals surface area contributed by atoms with Gasteiger partial charge in [0.2, 0.25) is 11.8 Å². The summed E-state index contributed by atoms with van der Waals surface area (Å²) < 4.78 is 40.4. The molecular formula is C35H39N3O6S. The van der Waals surface area contributed by atoms with Crippen LogP contribution >= 0.6 is 0 Å². The lowest BCUT2D eigenvalue weighted by Gasteiger charge is -2.33. The SMILES string of the molecule is CCCNC(=O)[C@@H](CC)N(Cc1cccc(OC)c1)C(=O)CN(c1ccc(Oc2ccccc2)cc1)S(=O)(=O)c1ccccc1. The van der Waals surface area contributed by atoms with E-state index in [1.54, 1.807) is 67.8 Å². The second-order valence-corrected chi connectivity index (χ2v) is 12.2. The van der Waals surface area contributed by atoms with Crippen molar-refractivity contribution in [1.29, 1.82) is 0 Å². The average Bonchev–Trinajstić information content (AvgIpc) is 3.07. The quantitative estimate of drug-likeness (QED) is 0.173. The fourth-order valence-electron chi connectivity index (χ4n) is 4.81. The number of benzene rings is 4. The molecule has 0 saturated heterocycles. The van der Waals surface area contributed by atoms with Crippen molar-refractivity contribution < 1.29 is 27.5 Å². The van der Waals surface area contributed by atoms with Crippen LogP contribution in [0.4, 0.5) is 5.69 Å². The molecule has 0 aliphatic heterocycles. The molecule has 1 N–H and O–H groups in total. The summed E-state index contributed by atoms with van der Waals surface area (Å²) >= 11 is 0. The number of sulfonamides is 1. The van der Waals surface area contributed by atoms with Gasteiger partial charge in [0, 0.05) is 13.1 Å². The Balaban J connectivity index is 1.71. The molecule has 0 saturated carbocycles. The van der Waals surface area contributed by atoms with Crippen LogP contribution in [0.5, 0.6) is 17.2 Å². The highest BCUT2D eigenvalue weighted by molar-refractivity contribution is 7.92. The molecule has 0 unspecified atom stereocenters. The number of rotatable bonds is 15. The number of anilines is 1. The minimum Gasteiger partial charge on any atom is -0.497 e. The van der Waals surface area contributed by atoms with Crippen molar-refractivity contribution >= 4 is 27.5 Å². The van der Waals surface area contributed by atoms with E-state index in [2.05, 4.69) is 5.32 Å². The fourth-order valence-corrected chi connectivity index (χ4v) is 6.24. The Morgan fingerprint density at radius 3 is 2.04 bits per heavy atom. The Morgan fingerprint density at radius 2 is 1.42 bits per heavy atom. The highest BCUT2D eigenvalue weighted by Gasteiger charge is 2.33. The molecule has 4 rings (SSSR count). The number of amides is 2. The van der Waals surface area contributed by atoms with Crippen molar-refractivity contribution in [3.05, 3.63) is 115 Å². The fraction of sp³-hybridized carbons (Fsp3) is 0.257. The molecular weight excluding hydrogens is 590 g/mol. The summed E-state index contributed by atoms with van der Waals surface area (Å²) in [4.78, 5) is 29.0. The molecule has 10 heteroatoms. The van der Waals surface area contributed by atoms with Crippen molar-refractivity contribution in [3.63, 3.8) is 0 Å². The van der Waals surface area contributed by atoms with Crippen molar-refractivity contribution in [3.8, 4) is 17.2 Å². The maximum atomic E-state index is 14.2. The maximum Gasteiger partial charge on any atom is 0.264 e. The average molecular weight is 630 g/mol. The predicted molar refractivity (Wildman–Crippen MR) is 175 cm³/mol. The van der Waals surface area contributed by atoms with E-state index in [0.717, 1.165) is 16.3 Å². The first-order valence-corrected chi connectivity index (χ1v) is 16.3. The lowest BCUT2D eigenvalue weighted by Crippen LogP contribution is -2.52. The van der Waals surface area contributed by atoms with E-state index in [1.807, 2.05) is 50.2 Å². The molecule has 0 bridgehead atoms. The van der Waals surface area contributed by atoms with Gasteiger partial charge < -0.3 is 19.7 Å². The number of para-hydroxylation sites is 1. The van der Waals surface area contributed by atoms with Gasteiger partial charge in [0.05, 0.1) is 17.7 Å². The third kappa shape index (κ3) is 8.63. The van der Waals surface area contributed by atoms with Gasteiger partial charge in [-0.1, -0.05) is 62.4 Å². The largest absolute Gasteiger partial charge is 0.497 e. The van der Waals surface area contributed by atoms with E-state index in [-0.39, 0.29) is 23.0 Å². The number of carbonyl (C=O) groups excluding carboxylic acids is 2. The molecule has 0 aromatic heterocycles. The Bertz CT molecular complexity index is 1650. The molecule has 9 nitrogen and oxygen atoms in total. The van der Waals surface area contributed by atoms with Crippen molar-refractivity contribution in [1.82, 2.24) is 10.2 Å². The van der Waals surface area contributed by atoms with Gasteiger partial charge in [-0.25, -0.2) is 8.42 Å². The number of nitrogens with one attached hydrogen (secondary N) is 1. The predicted octanol–water partition coefficient (Wildman–Crippen LogP) is 6.02. The third-order valence-corrected chi connectivity index (χ3v) is 8.92. The second-order valence-electron chi connectivity index (χ2n) is 10.3. The molecule has 0 aliphatic rings. The van der Waals surface area contributed by atoms with Gasteiger partial charge in [0.25, 0.3) is 10.0 Å². The minimum absolute atomic E-state index is 0.0366. The Kier molecular flexibility index (Phi) is 11.6. The zero-order chi connectivity index (χ0) is 32.2. The van der Waals surface area contributed by atoms with Crippen LogP contribution in [0, 0.1) is 0 Å². The van der Waals surface area contributed by atoms with Crippen LogP contribution in [-0.2, 0) is 26.2 Å².